The van der Waals surface area contributed by atoms with Crippen LogP contribution in [0.25, 0.3) is 0 Å². The lowest BCUT2D eigenvalue weighted by molar-refractivity contribution is -0.141. The maximum Gasteiger partial charge on any atom is 0.434 e. The van der Waals surface area contributed by atoms with Gasteiger partial charge in [0.25, 0.3) is 5.91 Å². The van der Waals surface area contributed by atoms with Crippen LogP contribution in [0.2, 0.25) is 0 Å². The Bertz CT molecular complexity index is 1220. The monoisotopic (exact) mass is 553 g/mol. The van der Waals surface area contributed by atoms with Crippen molar-refractivity contribution in [3.8, 4) is 5.88 Å². The van der Waals surface area contributed by atoms with Gasteiger partial charge >= 0.3 is 6.18 Å². The first-order chi connectivity index (χ1) is 18.1. The highest BCUT2D eigenvalue weighted by atomic mass is 32.1. The highest BCUT2D eigenvalue weighted by Gasteiger charge is 2.33. The Kier molecular flexibility index (Phi) is 8.72. The van der Waals surface area contributed by atoms with E-state index >= 15 is 0 Å². The molecule has 0 aliphatic carbocycles. The molecule has 4 rings (SSSR count). The van der Waals surface area contributed by atoms with Gasteiger partial charge < -0.3 is 20.3 Å². The van der Waals surface area contributed by atoms with Crippen molar-refractivity contribution in [3.05, 3.63) is 47.7 Å². The number of alkyl halides is 4. The SMILES string of the molecule is CCCCN1CC[C@@H](Oc2ccc(NC(=O)c3c(C)nsc3Nc3cnc(C(F)(F)F)cn3)cn2)C(F)C1. The van der Waals surface area contributed by atoms with Gasteiger partial charge in [-0.1, -0.05) is 13.3 Å². The number of aryl methyl sites for hydroxylation is 1. The zero-order valence-corrected chi connectivity index (χ0v) is 21.6. The van der Waals surface area contributed by atoms with Crippen molar-refractivity contribution in [2.45, 2.75) is 51.6 Å². The standard InChI is InChI=1S/C24H27F4N7O2S/c1-3-4-8-35-9-7-17(16(25)13-35)37-20-6-5-15(10-31-20)32-22(36)21-14(2)34-38-23(21)33-19-12-29-18(11-30-19)24(26,27)28/h5-6,10-12,16-17H,3-4,7-9,13H2,1-2H3,(H,30,33)(H,32,36)/t16?,17-/m1/s1. The molecule has 0 bridgehead atoms. The van der Waals surface area contributed by atoms with Crippen LogP contribution in [0.5, 0.6) is 5.88 Å². The summed E-state index contributed by atoms with van der Waals surface area (Å²) in [4.78, 5) is 26.3. The molecular formula is C24H27F4N7O2S. The number of pyridine rings is 1. The second-order valence-electron chi connectivity index (χ2n) is 8.84. The molecule has 3 aromatic rings. The Morgan fingerprint density at radius 2 is 2.03 bits per heavy atom. The molecule has 1 aliphatic heterocycles. The summed E-state index contributed by atoms with van der Waals surface area (Å²) in [5, 5.41) is 5.79. The van der Waals surface area contributed by atoms with Gasteiger partial charge in [0, 0.05) is 19.2 Å². The van der Waals surface area contributed by atoms with Gasteiger partial charge in [-0.25, -0.2) is 19.3 Å². The number of hydrogen-bond acceptors (Lipinski definition) is 9. The van der Waals surface area contributed by atoms with Crippen molar-refractivity contribution in [1.29, 1.82) is 0 Å². The van der Waals surface area contributed by atoms with Crippen LogP contribution in [-0.2, 0) is 6.18 Å². The number of hydrogen-bond donors (Lipinski definition) is 2. The average Bonchev–Trinajstić information content (AvgIpc) is 3.25. The molecule has 9 nitrogen and oxygen atoms in total. The van der Waals surface area contributed by atoms with Gasteiger partial charge in [-0.05, 0) is 43.9 Å². The van der Waals surface area contributed by atoms with Crippen molar-refractivity contribution >= 4 is 33.9 Å². The number of unbranched alkanes of at least 4 members (excludes halogenated alkanes) is 1. The molecule has 1 unspecified atom stereocenters. The van der Waals surface area contributed by atoms with E-state index in [9.17, 15) is 22.4 Å². The van der Waals surface area contributed by atoms with Gasteiger partial charge in [0.05, 0.1) is 35.5 Å². The lowest BCUT2D eigenvalue weighted by atomic mass is 10.1. The Balaban J connectivity index is 1.35. The fraction of sp³-hybridized carbons (Fsp3) is 0.458. The normalized spacial score (nSPS) is 18.3. The predicted octanol–water partition coefficient (Wildman–Crippen LogP) is 5.24. The summed E-state index contributed by atoms with van der Waals surface area (Å²) in [5.74, 6) is -0.215. The number of carbonyl (C=O) groups is 1. The summed E-state index contributed by atoms with van der Waals surface area (Å²) in [5.41, 5.74) is -0.130. The highest BCUT2D eigenvalue weighted by Crippen LogP contribution is 2.30. The highest BCUT2D eigenvalue weighted by molar-refractivity contribution is 7.10. The van der Waals surface area contributed by atoms with Crippen LogP contribution in [-0.4, -0.2) is 62.0 Å². The van der Waals surface area contributed by atoms with E-state index in [1.807, 2.05) is 0 Å². The minimum atomic E-state index is -4.61. The van der Waals surface area contributed by atoms with E-state index in [1.165, 1.54) is 6.20 Å². The van der Waals surface area contributed by atoms with Gasteiger partial charge in [0.1, 0.15) is 23.1 Å². The number of piperidine rings is 1. The number of carbonyl (C=O) groups excluding carboxylic acids is 1. The first kappa shape index (κ1) is 27.6. The third kappa shape index (κ3) is 6.92. The maximum absolute atomic E-state index is 14.6. The van der Waals surface area contributed by atoms with Crippen molar-refractivity contribution in [1.82, 2.24) is 24.2 Å². The van der Waals surface area contributed by atoms with Crippen LogP contribution < -0.4 is 15.4 Å². The molecule has 0 aromatic carbocycles. The summed E-state index contributed by atoms with van der Waals surface area (Å²) in [7, 11) is 0. The Hall–Kier alpha value is -3.39. The molecule has 0 radical (unpaired) electrons. The Morgan fingerprint density at radius 1 is 1.21 bits per heavy atom. The summed E-state index contributed by atoms with van der Waals surface area (Å²) >= 11 is 0.959. The van der Waals surface area contributed by atoms with Gasteiger partial charge in [-0.2, -0.15) is 17.5 Å². The number of anilines is 3. The molecule has 0 saturated carbocycles. The predicted molar refractivity (Wildman–Crippen MR) is 135 cm³/mol. The van der Waals surface area contributed by atoms with Crippen molar-refractivity contribution < 1.29 is 27.1 Å². The molecule has 4 heterocycles. The molecule has 2 atom stereocenters. The topological polar surface area (TPSA) is 105 Å². The van der Waals surface area contributed by atoms with Crippen molar-refractivity contribution in [2.24, 2.45) is 0 Å². The molecule has 1 fully saturated rings. The molecule has 204 valence electrons. The second kappa shape index (κ2) is 12.0. The first-order valence-corrected chi connectivity index (χ1v) is 12.8. The number of rotatable bonds is 9. The van der Waals surface area contributed by atoms with Gasteiger partial charge in [0.15, 0.2) is 5.69 Å². The number of amides is 1. The third-order valence-corrected chi connectivity index (χ3v) is 6.79. The van der Waals surface area contributed by atoms with E-state index in [2.05, 4.69) is 41.8 Å². The van der Waals surface area contributed by atoms with Crippen LogP contribution in [0, 0.1) is 6.92 Å². The van der Waals surface area contributed by atoms with E-state index in [-0.39, 0.29) is 17.3 Å². The molecule has 1 amide bonds. The second-order valence-corrected chi connectivity index (χ2v) is 9.61. The van der Waals surface area contributed by atoms with Gasteiger partial charge in [0.2, 0.25) is 5.88 Å². The smallest absolute Gasteiger partial charge is 0.434 e. The van der Waals surface area contributed by atoms with Crippen LogP contribution >= 0.6 is 11.5 Å². The zero-order valence-electron chi connectivity index (χ0n) is 20.8. The molecule has 1 aliphatic rings. The molecular weight excluding hydrogens is 526 g/mol. The zero-order chi connectivity index (χ0) is 27.3. The molecule has 38 heavy (non-hydrogen) atoms. The largest absolute Gasteiger partial charge is 0.471 e. The van der Waals surface area contributed by atoms with Crippen molar-refractivity contribution in [3.63, 3.8) is 0 Å². The molecule has 1 saturated heterocycles. The summed E-state index contributed by atoms with van der Waals surface area (Å²) in [6, 6.07) is 3.15. The number of aromatic nitrogens is 4. The number of halogens is 4. The van der Waals surface area contributed by atoms with Crippen LogP contribution in [0.15, 0.2) is 30.7 Å². The molecule has 2 N–H and O–H groups in total. The van der Waals surface area contributed by atoms with E-state index in [4.69, 9.17) is 4.74 Å². The van der Waals surface area contributed by atoms with Crippen molar-refractivity contribution in [2.75, 3.05) is 30.3 Å². The summed E-state index contributed by atoms with van der Waals surface area (Å²) < 4.78 is 62.7. The maximum atomic E-state index is 14.6. The Labute approximate surface area is 220 Å². The van der Waals surface area contributed by atoms with Gasteiger partial charge in [-0.15, -0.1) is 0 Å². The van der Waals surface area contributed by atoms with Crippen LogP contribution in [0.4, 0.5) is 34.1 Å². The van der Waals surface area contributed by atoms with E-state index in [1.54, 1.807) is 19.1 Å². The average molecular weight is 554 g/mol. The van der Waals surface area contributed by atoms with E-state index in [0.29, 0.717) is 35.5 Å². The lowest BCUT2D eigenvalue weighted by Gasteiger charge is -2.34. The fourth-order valence-electron chi connectivity index (χ4n) is 3.91. The minimum Gasteiger partial charge on any atom is -0.471 e. The molecule has 14 heteroatoms. The lowest BCUT2D eigenvalue weighted by Crippen LogP contribution is -2.47. The molecule has 3 aromatic heterocycles. The number of nitrogens with one attached hydrogen (secondary N) is 2. The third-order valence-electron chi connectivity index (χ3n) is 5.93. The summed E-state index contributed by atoms with van der Waals surface area (Å²) in [6.07, 6.45) is -0.701. The Morgan fingerprint density at radius 3 is 2.66 bits per heavy atom. The first-order valence-electron chi connectivity index (χ1n) is 12.1. The van der Waals surface area contributed by atoms with Gasteiger partial charge in [-0.3, -0.25) is 4.79 Å². The summed E-state index contributed by atoms with van der Waals surface area (Å²) in [6.45, 7) is 5.71. The number of likely N-dealkylation sites (tertiary alicyclic amines) is 1. The van der Waals surface area contributed by atoms with E-state index in [0.717, 1.165) is 43.7 Å². The quantitative estimate of drug-likeness (QED) is 0.347. The van der Waals surface area contributed by atoms with E-state index < -0.39 is 30.1 Å². The number of ether oxygens (including phenoxy) is 1. The minimum absolute atomic E-state index is 0.0289. The van der Waals surface area contributed by atoms with Crippen LogP contribution in [0.1, 0.15) is 47.9 Å². The fourth-order valence-corrected chi connectivity index (χ4v) is 4.72. The van der Waals surface area contributed by atoms with Crippen LogP contribution in [0.3, 0.4) is 0 Å². The number of nitrogens with zero attached hydrogens (tertiary/aromatic N) is 5. The molecule has 0 spiro atoms.